The van der Waals surface area contributed by atoms with E-state index in [9.17, 15) is 9.59 Å². The smallest absolute Gasteiger partial charge is 0.337 e. The molecule has 0 unspecified atom stereocenters. The molecule has 0 fully saturated rings. The van der Waals surface area contributed by atoms with E-state index in [0.29, 0.717) is 17.0 Å². The lowest BCUT2D eigenvalue weighted by Crippen LogP contribution is -2.12. The van der Waals surface area contributed by atoms with Crippen molar-refractivity contribution in [3.05, 3.63) is 64.7 Å². The summed E-state index contributed by atoms with van der Waals surface area (Å²) in [7, 11) is 1.30. The van der Waals surface area contributed by atoms with Crippen LogP contribution in [0.2, 0.25) is 0 Å². The van der Waals surface area contributed by atoms with Gasteiger partial charge in [-0.05, 0) is 73.2 Å². The fraction of sp³-hybridized carbons (Fsp3) is 0.238. The van der Waals surface area contributed by atoms with Gasteiger partial charge in [0.05, 0.1) is 12.7 Å². The topological polar surface area (TPSA) is 94.3 Å². The number of nitrogens with zero attached hydrogens (tertiary/aromatic N) is 2. The van der Waals surface area contributed by atoms with Crippen molar-refractivity contribution in [3.8, 4) is 11.5 Å². The van der Waals surface area contributed by atoms with Crippen molar-refractivity contribution in [2.24, 2.45) is 0 Å². The maximum Gasteiger partial charge on any atom is 0.337 e. The molecule has 1 heterocycles. The summed E-state index contributed by atoms with van der Waals surface area (Å²) in [6, 6.07) is 12.3. The number of rotatable bonds is 4. The molecule has 0 aliphatic heterocycles. The lowest BCUT2D eigenvalue weighted by molar-refractivity contribution is 0.0600. The van der Waals surface area contributed by atoms with Crippen LogP contribution in [-0.4, -0.2) is 29.2 Å². The van der Waals surface area contributed by atoms with Crippen molar-refractivity contribution in [1.82, 2.24) is 10.2 Å². The van der Waals surface area contributed by atoms with E-state index in [2.05, 4.69) is 32.4 Å². The Balaban J connectivity index is 1.47. The molecule has 0 bridgehead atoms. The number of esters is 1. The van der Waals surface area contributed by atoms with Crippen LogP contribution in [0, 0.1) is 0 Å². The number of ether oxygens (including phenoxy) is 1. The first-order chi connectivity index (χ1) is 13.6. The molecule has 1 aliphatic carbocycles. The molecular formula is C21H19N3O4. The third-order valence-corrected chi connectivity index (χ3v) is 4.81. The molecule has 3 aromatic rings. The van der Waals surface area contributed by atoms with Gasteiger partial charge in [0.15, 0.2) is 0 Å². The lowest BCUT2D eigenvalue weighted by Gasteiger charge is -2.15. The lowest BCUT2D eigenvalue weighted by atomic mass is 9.90. The van der Waals surface area contributed by atoms with Crippen LogP contribution in [0.5, 0.6) is 0 Å². The summed E-state index contributed by atoms with van der Waals surface area (Å²) in [5.74, 6) is -0.500. The number of carbonyl (C=O) groups is 2. The number of fused-ring (bicyclic) bond motifs is 1. The molecule has 2 aromatic carbocycles. The van der Waals surface area contributed by atoms with Gasteiger partial charge in [-0.2, -0.15) is 0 Å². The maximum atomic E-state index is 12.3. The van der Waals surface area contributed by atoms with Crippen LogP contribution in [0.25, 0.3) is 11.5 Å². The number of aromatic nitrogens is 2. The van der Waals surface area contributed by atoms with Gasteiger partial charge in [0.2, 0.25) is 5.89 Å². The SMILES string of the molecule is COC(=O)c1ccc(C(=O)Nc2nnc(-c3ccc4c(c3)CCCC4)o2)cc1. The minimum atomic E-state index is -0.460. The Labute approximate surface area is 161 Å². The van der Waals surface area contributed by atoms with Crippen LogP contribution in [0.4, 0.5) is 6.01 Å². The minimum absolute atomic E-state index is 0.0229. The highest BCUT2D eigenvalue weighted by molar-refractivity contribution is 6.03. The number of carbonyl (C=O) groups excluding carboxylic acids is 2. The Kier molecular flexibility index (Phi) is 4.89. The van der Waals surface area contributed by atoms with E-state index in [1.54, 1.807) is 0 Å². The first kappa shape index (κ1) is 17.9. The number of methoxy groups -OCH3 is 1. The summed E-state index contributed by atoms with van der Waals surface area (Å²) in [5, 5.41) is 10.5. The summed E-state index contributed by atoms with van der Waals surface area (Å²) in [5.41, 5.74) is 4.26. The van der Waals surface area contributed by atoms with Crippen molar-refractivity contribution >= 4 is 17.9 Å². The largest absolute Gasteiger partial charge is 0.465 e. The van der Waals surface area contributed by atoms with E-state index in [1.165, 1.54) is 55.3 Å². The van der Waals surface area contributed by atoms with Gasteiger partial charge >= 0.3 is 12.0 Å². The van der Waals surface area contributed by atoms with Crippen LogP contribution in [-0.2, 0) is 17.6 Å². The summed E-state index contributed by atoms with van der Waals surface area (Å²) in [4.78, 5) is 23.8. The molecule has 7 heteroatoms. The van der Waals surface area contributed by atoms with Gasteiger partial charge in [-0.3, -0.25) is 10.1 Å². The van der Waals surface area contributed by atoms with Gasteiger partial charge in [-0.15, -0.1) is 5.10 Å². The Hall–Kier alpha value is -3.48. The second-order valence-corrected chi connectivity index (χ2v) is 6.63. The number of hydrogen-bond donors (Lipinski definition) is 1. The van der Waals surface area contributed by atoms with Crippen molar-refractivity contribution < 1.29 is 18.7 Å². The normalized spacial score (nSPS) is 12.9. The molecule has 1 N–H and O–H groups in total. The van der Waals surface area contributed by atoms with Gasteiger partial charge in [-0.1, -0.05) is 11.2 Å². The standard InChI is InChI=1S/C21H19N3O4/c1-27-20(26)15-9-7-14(8-10-15)18(25)22-21-24-23-19(28-21)17-11-6-13-4-2-3-5-16(13)12-17/h6-12H,2-5H2,1H3,(H,22,24,25). The van der Waals surface area contributed by atoms with E-state index < -0.39 is 11.9 Å². The predicted molar refractivity (Wildman–Crippen MR) is 102 cm³/mol. The van der Waals surface area contributed by atoms with Gasteiger partial charge in [0.1, 0.15) is 0 Å². The molecule has 1 aromatic heterocycles. The van der Waals surface area contributed by atoms with E-state index >= 15 is 0 Å². The number of amides is 1. The Morgan fingerprint density at radius 1 is 0.964 bits per heavy atom. The zero-order valence-corrected chi connectivity index (χ0v) is 15.4. The molecule has 7 nitrogen and oxygen atoms in total. The molecule has 0 saturated carbocycles. The van der Waals surface area contributed by atoms with Gasteiger partial charge < -0.3 is 9.15 Å². The molecule has 0 spiro atoms. The minimum Gasteiger partial charge on any atom is -0.465 e. The zero-order chi connectivity index (χ0) is 19.5. The van der Waals surface area contributed by atoms with E-state index in [1.807, 2.05) is 6.07 Å². The highest BCUT2D eigenvalue weighted by Crippen LogP contribution is 2.27. The first-order valence-electron chi connectivity index (χ1n) is 9.09. The van der Waals surface area contributed by atoms with Gasteiger partial charge in [0, 0.05) is 11.1 Å². The molecule has 1 aliphatic rings. The fourth-order valence-electron chi connectivity index (χ4n) is 3.30. The second-order valence-electron chi connectivity index (χ2n) is 6.63. The van der Waals surface area contributed by atoms with E-state index in [4.69, 9.17) is 4.42 Å². The first-order valence-corrected chi connectivity index (χ1v) is 9.09. The summed E-state index contributed by atoms with van der Waals surface area (Å²) in [6.45, 7) is 0. The summed E-state index contributed by atoms with van der Waals surface area (Å²) in [6.07, 6.45) is 4.58. The highest BCUT2D eigenvalue weighted by atomic mass is 16.5. The summed E-state index contributed by atoms with van der Waals surface area (Å²) >= 11 is 0. The monoisotopic (exact) mass is 377 g/mol. The molecular weight excluding hydrogens is 358 g/mol. The van der Waals surface area contributed by atoms with Crippen LogP contribution < -0.4 is 5.32 Å². The molecule has 0 radical (unpaired) electrons. The third-order valence-electron chi connectivity index (χ3n) is 4.81. The van der Waals surface area contributed by atoms with Gasteiger partial charge in [0.25, 0.3) is 5.91 Å². The van der Waals surface area contributed by atoms with Crippen LogP contribution in [0.15, 0.2) is 46.9 Å². The second kappa shape index (κ2) is 7.64. The number of anilines is 1. The molecule has 28 heavy (non-hydrogen) atoms. The molecule has 0 saturated heterocycles. The summed E-state index contributed by atoms with van der Waals surface area (Å²) < 4.78 is 10.2. The van der Waals surface area contributed by atoms with Crippen LogP contribution >= 0.6 is 0 Å². The predicted octanol–water partition coefficient (Wildman–Crippen LogP) is 3.65. The van der Waals surface area contributed by atoms with E-state index in [-0.39, 0.29) is 6.01 Å². The number of benzene rings is 2. The average molecular weight is 377 g/mol. The quantitative estimate of drug-likeness (QED) is 0.698. The molecule has 1 amide bonds. The van der Waals surface area contributed by atoms with Crippen molar-refractivity contribution in [1.29, 1.82) is 0 Å². The Morgan fingerprint density at radius 3 is 2.43 bits per heavy atom. The van der Waals surface area contributed by atoms with Crippen molar-refractivity contribution in [2.45, 2.75) is 25.7 Å². The Morgan fingerprint density at radius 2 is 1.68 bits per heavy atom. The molecule has 142 valence electrons. The zero-order valence-electron chi connectivity index (χ0n) is 15.4. The van der Waals surface area contributed by atoms with Gasteiger partial charge in [-0.25, -0.2) is 4.79 Å². The van der Waals surface area contributed by atoms with Crippen LogP contribution in [0.1, 0.15) is 44.7 Å². The van der Waals surface area contributed by atoms with Crippen LogP contribution in [0.3, 0.4) is 0 Å². The fourth-order valence-corrected chi connectivity index (χ4v) is 3.30. The number of aryl methyl sites for hydroxylation is 2. The number of hydrogen-bond acceptors (Lipinski definition) is 6. The van der Waals surface area contributed by atoms with Crippen molar-refractivity contribution in [2.75, 3.05) is 12.4 Å². The average Bonchev–Trinajstić information content (AvgIpc) is 3.21. The third kappa shape index (κ3) is 3.64. The van der Waals surface area contributed by atoms with Crippen molar-refractivity contribution in [3.63, 3.8) is 0 Å². The molecule has 4 rings (SSSR count). The highest BCUT2D eigenvalue weighted by Gasteiger charge is 2.16. The number of nitrogens with one attached hydrogen (secondary N) is 1. The maximum absolute atomic E-state index is 12.3. The molecule has 0 atom stereocenters. The Bertz CT molecular complexity index is 1020. The van der Waals surface area contributed by atoms with E-state index in [0.717, 1.165) is 18.4 Å².